The number of ether oxygens (including phenoxy) is 1. The molecule has 0 spiro atoms. The number of carbonyl (C=O) groups is 2. The SMILES string of the molecule is CCC(C)OC(=O)C(CCCC#N)C(=O)O. The molecule has 0 rings (SSSR count). The zero-order chi connectivity index (χ0) is 12.6. The monoisotopic (exact) mass is 227 g/mol. The highest BCUT2D eigenvalue weighted by molar-refractivity contribution is 5.93. The summed E-state index contributed by atoms with van der Waals surface area (Å²) in [7, 11) is 0. The Labute approximate surface area is 95.0 Å². The highest BCUT2D eigenvalue weighted by Crippen LogP contribution is 2.12. The first-order valence-corrected chi connectivity index (χ1v) is 5.33. The quantitative estimate of drug-likeness (QED) is 0.406. The van der Waals surface area contributed by atoms with Crippen molar-refractivity contribution in [1.82, 2.24) is 0 Å². The molecule has 90 valence electrons. The molecule has 0 saturated heterocycles. The number of hydrogen-bond acceptors (Lipinski definition) is 4. The van der Waals surface area contributed by atoms with Crippen molar-refractivity contribution in [2.45, 2.75) is 45.6 Å². The minimum absolute atomic E-state index is 0.151. The van der Waals surface area contributed by atoms with Crippen molar-refractivity contribution >= 4 is 11.9 Å². The van der Waals surface area contributed by atoms with Gasteiger partial charge in [0.2, 0.25) is 0 Å². The van der Waals surface area contributed by atoms with E-state index in [1.807, 2.05) is 13.0 Å². The molecule has 0 amide bonds. The smallest absolute Gasteiger partial charge is 0.320 e. The molecule has 0 saturated carbocycles. The van der Waals surface area contributed by atoms with Crippen LogP contribution in [0.15, 0.2) is 0 Å². The van der Waals surface area contributed by atoms with E-state index in [2.05, 4.69) is 0 Å². The van der Waals surface area contributed by atoms with Crippen molar-refractivity contribution in [3.8, 4) is 6.07 Å². The molecule has 0 bridgehead atoms. The van der Waals surface area contributed by atoms with Crippen LogP contribution in [0.2, 0.25) is 0 Å². The lowest BCUT2D eigenvalue weighted by Gasteiger charge is -2.15. The van der Waals surface area contributed by atoms with E-state index < -0.39 is 17.9 Å². The van der Waals surface area contributed by atoms with Gasteiger partial charge in [0, 0.05) is 6.42 Å². The molecule has 0 radical (unpaired) electrons. The van der Waals surface area contributed by atoms with Crippen molar-refractivity contribution in [2.75, 3.05) is 0 Å². The minimum Gasteiger partial charge on any atom is -0.481 e. The zero-order valence-electron chi connectivity index (χ0n) is 9.60. The van der Waals surface area contributed by atoms with Gasteiger partial charge in [-0.15, -0.1) is 0 Å². The summed E-state index contributed by atoms with van der Waals surface area (Å²) in [6.45, 7) is 3.56. The number of hydrogen-bond donors (Lipinski definition) is 1. The Morgan fingerprint density at radius 2 is 2.12 bits per heavy atom. The maximum absolute atomic E-state index is 11.5. The molecule has 2 atom stereocenters. The molecule has 0 aliphatic heterocycles. The van der Waals surface area contributed by atoms with Crippen LogP contribution in [-0.4, -0.2) is 23.1 Å². The molecular formula is C11H17NO4. The molecule has 0 aliphatic rings. The Morgan fingerprint density at radius 3 is 2.56 bits per heavy atom. The van der Waals surface area contributed by atoms with Crippen LogP contribution in [0.1, 0.15) is 39.5 Å². The Hall–Kier alpha value is -1.57. The maximum Gasteiger partial charge on any atom is 0.320 e. The van der Waals surface area contributed by atoms with E-state index in [0.717, 1.165) is 0 Å². The van der Waals surface area contributed by atoms with Crippen LogP contribution in [0.5, 0.6) is 0 Å². The largest absolute Gasteiger partial charge is 0.481 e. The van der Waals surface area contributed by atoms with Crippen LogP contribution in [0.4, 0.5) is 0 Å². The average molecular weight is 227 g/mol. The predicted octanol–water partition coefficient (Wildman–Crippen LogP) is 1.72. The van der Waals surface area contributed by atoms with Gasteiger partial charge in [0.15, 0.2) is 5.92 Å². The molecule has 5 nitrogen and oxygen atoms in total. The van der Waals surface area contributed by atoms with Gasteiger partial charge in [0.1, 0.15) is 0 Å². The van der Waals surface area contributed by atoms with E-state index in [1.54, 1.807) is 6.92 Å². The maximum atomic E-state index is 11.5. The fourth-order valence-corrected chi connectivity index (χ4v) is 1.09. The van der Waals surface area contributed by atoms with Crippen LogP contribution in [0.3, 0.4) is 0 Å². The molecule has 0 aromatic rings. The zero-order valence-corrected chi connectivity index (χ0v) is 9.60. The van der Waals surface area contributed by atoms with E-state index >= 15 is 0 Å². The number of carboxylic acids is 1. The lowest BCUT2D eigenvalue weighted by molar-refractivity contribution is -0.162. The lowest BCUT2D eigenvalue weighted by Crippen LogP contribution is -2.28. The van der Waals surface area contributed by atoms with Gasteiger partial charge < -0.3 is 9.84 Å². The second-order valence-corrected chi connectivity index (χ2v) is 3.60. The van der Waals surface area contributed by atoms with Crippen LogP contribution in [-0.2, 0) is 14.3 Å². The van der Waals surface area contributed by atoms with Gasteiger partial charge in [-0.3, -0.25) is 9.59 Å². The molecule has 0 aromatic heterocycles. The predicted molar refractivity (Wildman–Crippen MR) is 56.4 cm³/mol. The van der Waals surface area contributed by atoms with Crippen LogP contribution >= 0.6 is 0 Å². The number of esters is 1. The topological polar surface area (TPSA) is 87.4 Å². The summed E-state index contributed by atoms with van der Waals surface area (Å²) in [5.41, 5.74) is 0. The molecule has 5 heteroatoms. The second-order valence-electron chi connectivity index (χ2n) is 3.60. The van der Waals surface area contributed by atoms with Crippen molar-refractivity contribution in [1.29, 1.82) is 5.26 Å². The standard InChI is InChI=1S/C11H17NO4/c1-3-8(2)16-11(15)9(10(13)14)6-4-5-7-12/h8-9H,3-6H2,1-2H3,(H,13,14). The van der Waals surface area contributed by atoms with Gasteiger partial charge in [-0.1, -0.05) is 6.92 Å². The van der Waals surface area contributed by atoms with Gasteiger partial charge in [0.25, 0.3) is 0 Å². The highest BCUT2D eigenvalue weighted by atomic mass is 16.5. The number of nitrogens with zero attached hydrogens (tertiary/aromatic N) is 1. The summed E-state index contributed by atoms with van der Waals surface area (Å²) in [4.78, 5) is 22.3. The van der Waals surface area contributed by atoms with E-state index in [-0.39, 0.29) is 18.9 Å². The lowest BCUT2D eigenvalue weighted by atomic mass is 10.0. The number of unbranched alkanes of at least 4 members (excludes halogenated alkanes) is 1. The molecule has 16 heavy (non-hydrogen) atoms. The van der Waals surface area contributed by atoms with Gasteiger partial charge in [0.05, 0.1) is 12.2 Å². The first kappa shape index (κ1) is 14.4. The Morgan fingerprint density at radius 1 is 1.50 bits per heavy atom. The fourth-order valence-electron chi connectivity index (χ4n) is 1.09. The summed E-state index contributed by atoms with van der Waals surface area (Å²) in [6, 6.07) is 1.91. The van der Waals surface area contributed by atoms with Crippen molar-refractivity contribution in [3.63, 3.8) is 0 Å². The minimum atomic E-state index is -1.19. The molecule has 0 aliphatic carbocycles. The van der Waals surface area contributed by atoms with Gasteiger partial charge in [-0.05, 0) is 26.2 Å². The third-order valence-corrected chi connectivity index (χ3v) is 2.26. The Kier molecular flexibility index (Phi) is 6.93. The summed E-state index contributed by atoms with van der Waals surface area (Å²) in [5.74, 6) is -3.05. The van der Waals surface area contributed by atoms with Crippen LogP contribution in [0, 0.1) is 17.2 Å². The molecular weight excluding hydrogens is 210 g/mol. The van der Waals surface area contributed by atoms with Gasteiger partial charge in [-0.25, -0.2) is 0 Å². The number of carboxylic acid groups (broad SMARTS) is 1. The van der Waals surface area contributed by atoms with E-state index in [4.69, 9.17) is 15.1 Å². The fraction of sp³-hybridized carbons (Fsp3) is 0.727. The van der Waals surface area contributed by atoms with Gasteiger partial charge in [-0.2, -0.15) is 5.26 Å². The van der Waals surface area contributed by atoms with Crippen LogP contribution < -0.4 is 0 Å². The summed E-state index contributed by atoms with van der Waals surface area (Å²) in [5, 5.41) is 17.2. The summed E-state index contributed by atoms with van der Waals surface area (Å²) in [6.07, 6.45) is 1.17. The number of nitriles is 1. The third-order valence-electron chi connectivity index (χ3n) is 2.26. The molecule has 0 aromatic carbocycles. The third kappa shape index (κ3) is 5.35. The van der Waals surface area contributed by atoms with Crippen molar-refractivity contribution < 1.29 is 19.4 Å². The molecule has 0 fully saturated rings. The molecule has 2 unspecified atom stereocenters. The highest BCUT2D eigenvalue weighted by Gasteiger charge is 2.28. The van der Waals surface area contributed by atoms with E-state index in [0.29, 0.717) is 12.8 Å². The molecule has 0 heterocycles. The van der Waals surface area contributed by atoms with Crippen molar-refractivity contribution in [3.05, 3.63) is 0 Å². The first-order chi connectivity index (χ1) is 7.52. The summed E-state index contributed by atoms with van der Waals surface area (Å²) >= 11 is 0. The second kappa shape index (κ2) is 7.69. The van der Waals surface area contributed by atoms with E-state index in [1.165, 1.54) is 0 Å². The first-order valence-electron chi connectivity index (χ1n) is 5.33. The average Bonchev–Trinajstić information content (AvgIpc) is 2.23. The Bertz CT molecular complexity index is 282. The number of aliphatic carboxylic acids is 1. The van der Waals surface area contributed by atoms with Crippen molar-refractivity contribution in [2.24, 2.45) is 5.92 Å². The number of rotatable bonds is 7. The molecule has 1 N–H and O–H groups in total. The van der Waals surface area contributed by atoms with Gasteiger partial charge >= 0.3 is 11.9 Å². The van der Waals surface area contributed by atoms with Crippen LogP contribution in [0.25, 0.3) is 0 Å². The van der Waals surface area contributed by atoms with E-state index in [9.17, 15) is 9.59 Å². The normalized spacial score (nSPS) is 13.6. The Balaban J connectivity index is 4.25. The number of carbonyl (C=O) groups excluding carboxylic acids is 1. The summed E-state index contributed by atoms with van der Waals surface area (Å²) < 4.78 is 4.95.